The Balaban J connectivity index is 1.85. The summed E-state index contributed by atoms with van der Waals surface area (Å²) in [5, 5.41) is 4.32. The lowest BCUT2D eigenvalue weighted by Gasteiger charge is -2.24. The van der Waals surface area contributed by atoms with E-state index in [0.717, 1.165) is 58.5 Å². The highest BCUT2D eigenvalue weighted by atomic mass is 16.2. The van der Waals surface area contributed by atoms with Crippen LogP contribution < -0.4 is 5.73 Å². The number of carbonyl (C=O) groups is 1. The summed E-state index contributed by atoms with van der Waals surface area (Å²) in [7, 11) is 0. The Labute approximate surface area is 133 Å². The summed E-state index contributed by atoms with van der Waals surface area (Å²) in [4.78, 5) is 16.7. The van der Waals surface area contributed by atoms with Gasteiger partial charge in [-0.15, -0.1) is 0 Å². The molecule has 22 heavy (non-hydrogen) atoms. The molecule has 0 spiro atoms. The van der Waals surface area contributed by atoms with Gasteiger partial charge >= 0.3 is 0 Å². The maximum absolute atomic E-state index is 12.3. The Morgan fingerprint density at radius 2 is 2.14 bits per heavy atom. The number of carbonyl (C=O) groups excluding carboxylic acids is 1. The lowest BCUT2D eigenvalue weighted by atomic mass is 10.1. The highest BCUT2D eigenvalue weighted by Gasteiger charge is 2.23. The Morgan fingerprint density at radius 1 is 1.32 bits per heavy atom. The molecule has 1 amide bonds. The van der Waals surface area contributed by atoms with E-state index in [2.05, 4.69) is 30.0 Å². The third-order valence-electron chi connectivity index (χ3n) is 4.23. The molecule has 124 valence electrons. The molecule has 1 atom stereocenters. The van der Waals surface area contributed by atoms with E-state index >= 15 is 0 Å². The molecule has 1 aliphatic rings. The topological polar surface area (TPSA) is 67.4 Å². The number of aryl methyl sites for hydroxylation is 1. The molecule has 1 saturated heterocycles. The zero-order chi connectivity index (χ0) is 15.9. The molecule has 1 aliphatic heterocycles. The molecule has 0 aromatic carbocycles. The second kappa shape index (κ2) is 8.29. The molecule has 1 aromatic rings. The molecule has 1 fully saturated rings. The smallest absolute Gasteiger partial charge is 0.239 e. The Morgan fingerprint density at radius 3 is 2.82 bits per heavy atom. The van der Waals surface area contributed by atoms with Crippen molar-refractivity contribution in [3.8, 4) is 0 Å². The first-order chi connectivity index (χ1) is 10.6. The van der Waals surface area contributed by atoms with Crippen molar-refractivity contribution in [2.75, 3.05) is 26.2 Å². The molecule has 2 N–H and O–H groups in total. The average Bonchev–Trinajstić information content (AvgIpc) is 2.84. The number of hydrogen-bond acceptors (Lipinski definition) is 4. The summed E-state index contributed by atoms with van der Waals surface area (Å²) in [6.45, 7) is 9.48. The lowest BCUT2D eigenvalue weighted by Crippen LogP contribution is -2.45. The van der Waals surface area contributed by atoms with E-state index in [1.165, 1.54) is 5.56 Å². The highest BCUT2D eigenvalue weighted by Crippen LogP contribution is 2.10. The summed E-state index contributed by atoms with van der Waals surface area (Å²) >= 11 is 0. The van der Waals surface area contributed by atoms with E-state index in [9.17, 15) is 4.79 Å². The molecule has 0 bridgehead atoms. The van der Waals surface area contributed by atoms with Crippen LogP contribution in [0.4, 0.5) is 0 Å². The van der Waals surface area contributed by atoms with Gasteiger partial charge in [0.05, 0.1) is 12.2 Å². The summed E-state index contributed by atoms with van der Waals surface area (Å²) in [5.41, 5.74) is 7.21. The summed E-state index contributed by atoms with van der Waals surface area (Å²) < 4.78 is 1.95. The molecular weight excluding hydrogens is 278 g/mol. The predicted molar refractivity (Wildman–Crippen MR) is 87.3 cm³/mol. The van der Waals surface area contributed by atoms with Crippen molar-refractivity contribution in [1.29, 1.82) is 0 Å². The van der Waals surface area contributed by atoms with E-state index in [1.807, 2.05) is 15.8 Å². The van der Waals surface area contributed by atoms with Gasteiger partial charge in [0.25, 0.3) is 0 Å². The number of nitrogens with zero attached hydrogens (tertiary/aromatic N) is 4. The molecule has 2 heterocycles. The summed E-state index contributed by atoms with van der Waals surface area (Å²) in [6, 6.07) is -0.334. The van der Waals surface area contributed by atoms with Crippen LogP contribution in [0.3, 0.4) is 0 Å². The van der Waals surface area contributed by atoms with Crippen molar-refractivity contribution in [1.82, 2.24) is 19.6 Å². The molecule has 6 nitrogen and oxygen atoms in total. The van der Waals surface area contributed by atoms with Gasteiger partial charge in [-0.1, -0.05) is 13.3 Å². The van der Waals surface area contributed by atoms with Gasteiger partial charge < -0.3 is 10.6 Å². The predicted octanol–water partition coefficient (Wildman–Crippen LogP) is 1.06. The van der Waals surface area contributed by atoms with Crippen molar-refractivity contribution in [3.05, 3.63) is 18.0 Å². The second-order valence-corrected chi connectivity index (χ2v) is 6.05. The Bertz CT molecular complexity index is 473. The van der Waals surface area contributed by atoms with Crippen LogP contribution in [0.5, 0.6) is 0 Å². The molecule has 1 unspecified atom stereocenters. The normalized spacial score (nSPS) is 18.2. The van der Waals surface area contributed by atoms with Crippen molar-refractivity contribution in [2.24, 2.45) is 5.73 Å². The van der Waals surface area contributed by atoms with Crippen LogP contribution in [0.1, 0.15) is 38.7 Å². The van der Waals surface area contributed by atoms with Crippen LogP contribution in [0.15, 0.2) is 12.4 Å². The average molecular weight is 307 g/mol. The fourth-order valence-corrected chi connectivity index (χ4v) is 2.94. The number of aromatic nitrogens is 2. The third kappa shape index (κ3) is 4.55. The van der Waals surface area contributed by atoms with Gasteiger partial charge in [0.1, 0.15) is 0 Å². The van der Waals surface area contributed by atoms with Gasteiger partial charge in [-0.2, -0.15) is 5.10 Å². The maximum Gasteiger partial charge on any atom is 0.239 e. The van der Waals surface area contributed by atoms with Crippen LogP contribution in [0.25, 0.3) is 0 Å². The monoisotopic (exact) mass is 307 g/mol. The van der Waals surface area contributed by atoms with Gasteiger partial charge in [-0.3, -0.25) is 14.4 Å². The van der Waals surface area contributed by atoms with E-state index in [1.54, 1.807) is 0 Å². The SMILES string of the molecule is CCCC(N)C(=O)N1CCCN(Cc2cnn(CC)c2)CC1. The van der Waals surface area contributed by atoms with Crippen LogP contribution in [-0.4, -0.2) is 57.7 Å². The third-order valence-corrected chi connectivity index (χ3v) is 4.23. The van der Waals surface area contributed by atoms with E-state index in [0.29, 0.717) is 0 Å². The van der Waals surface area contributed by atoms with Crippen molar-refractivity contribution < 1.29 is 4.79 Å². The Hall–Kier alpha value is -1.40. The number of amides is 1. The number of nitrogens with two attached hydrogens (primary N) is 1. The summed E-state index contributed by atoms with van der Waals surface area (Å²) in [5.74, 6) is 0.113. The van der Waals surface area contributed by atoms with Gasteiger partial charge in [0, 0.05) is 51.0 Å². The van der Waals surface area contributed by atoms with Crippen LogP contribution >= 0.6 is 0 Å². The van der Waals surface area contributed by atoms with Crippen LogP contribution in [0, 0.1) is 0 Å². The fourth-order valence-electron chi connectivity index (χ4n) is 2.94. The van der Waals surface area contributed by atoms with Gasteiger partial charge in [-0.05, 0) is 19.8 Å². The van der Waals surface area contributed by atoms with Crippen LogP contribution in [-0.2, 0) is 17.9 Å². The van der Waals surface area contributed by atoms with Gasteiger partial charge in [-0.25, -0.2) is 0 Å². The first-order valence-electron chi connectivity index (χ1n) is 8.42. The van der Waals surface area contributed by atoms with Crippen molar-refractivity contribution in [2.45, 2.75) is 52.2 Å². The van der Waals surface area contributed by atoms with Crippen molar-refractivity contribution >= 4 is 5.91 Å². The first kappa shape index (κ1) is 17.0. The van der Waals surface area contributed by atoms with E-state index in [-0.39, 0.29) is 11.9 Å². The Kier molecular flexibility index (Phi) is 6.39. The first-order valence-corrected chi connectivity index (χ1v) is 8.42. The molecule has 1 aromatic heterocycles. The summed E-state index contributed by atoms with van der Waals surface area (Å²) in [6.07, 6.45) is 6.77. The molecular formula is C16H29N5O. The largest absolute Gasteiger partial charge is 0.340 e. The quantitative estimate of drug-likeness (QED) is 0.853. The van der Waals surface area contributed by atoms with Crippen molar-refractivity contribution in [3.63, 3.8) is 0 Å². The molecule has 0 aliphatic carbocycles. The van der Waals surface area contributed by atoms with Crippen LogP contribution in [0.2, 0.25) is 0 Å². The minimum absolute atomic E-state index is 0.113. The van der Waals surface area contributed by atoms with Gasteiger partial charge in [0.15, 0.2) is 0 Å². The lowest BCUT2D eigenvalue weighted by molar-refractivity contribution is -0.132. The van der Waals surface area contributed by atoms with E-state index in [4.69, 9.17) is 5.73 Å². The number of rotatable bonds is 6. The second-order valence-electron chi connectivity index (χ2n) is 6.05. The molecule has 0 radical (unpaired) electrons. The maximum atomic E-state index is 12.3. The zero-order valence-electron chi connectivity index (χ0n) is 13.9. The molecule has 0 saturated carbocycles. The molecule has 2 rings (SSSR count). The number of hydrogen-bond donors (Lipinski definition) is 1. The molecule has 6 heteroatoms. The minimum atomic E-state index is -0.334. The minimum Gasteiger partial charge on any atom is -0.340 e. The van der Waals surface area contributed by atoms with Gasteiger partial charge in [0.2, 0.25) is 5.91 Å². The van der Waals surface area contributed by atoms with E-state index < -0.39 is 0 Å². The standard InChI is InChI=1S/C16H29N5O/c1-3-6-15(17)16(22)20-8-5-7-19(9-10-20)12-14-11-18-21(4-2)13-14/h11,13,15H,3-10,12,17H2,1-2H3. The fraction of sp³-hybridized carbons (Fsp3) is 0.750. The highest BCUT2D eigenvalue weighted by molar-refractivity contribution is 5.81. The zero-order valence-corrected chi connectivity index (χ0v) is 13.9.